The maximum atomic E-state index is 11.7. The molecule has 0 atom stereocenters. The van der Waals surface area contributed by atoms with Crippen molar-refractivity contribution in [1.29, 1.82) is 0 Å². The van der Waals surface area contributed by atoms with Crippen molar-refractivity contribution in [2.24, 2.45) is 0 Å². The lowest BCUT2D eigenvalue weighted by atomic mass is 10.2. The van der Waals surface area contributed by atoms with Gasteiger partial charge in [-0.2, -0.15) is 10.1 Å². The van der Waals surface area contributed by atoms with Gasteiger partial charge in [0.1, 0.15) is 0 Å². The minimum Gasteiger partial charge on any atom is -0.462 e. The Morgan fingerprint density at radius 2 is 1.85 bits per heavy atom. The standard InChI is InChI=1S/C18H22N6O3/c1-3-27-17(26)14-4-6-15(7-5-14)20-16-12-19-22-18(21-16)24-10-8-23(9-11-24)13(2)25/h4-7,12H,3,8-11H2,1-2H3,(H,20,21,22). The molecule has 1 fully saturated rings. The molecule has 9 heteroatoms. The van der Waals surface area contributed by atoms with Crippen LogP contribution in [0.4, 0.5) is 17.5 Å². The second-order valence-corrected chi connectivity index (χ2v) is 6.06. The van der Waals surface area contributed by atoms with Crippen LogP contribution in [0.15, 0.2) is 30.5 Å². The van der Waals surface area contributed by atoms with E-state index in [0.717, 1.165) is 5.69 Å². The van der Waals surface area contributed by atoms with E-state index in [4.69, 9.17) is 4.74 Å². The normalized spacial score (nSPS) is 14.0. The molecule has 9 nitrogen and oxygen atoms in total. The average Bonchev–Trinajstić information content (AvgIpc) is 2.69. The van der Waals surface area contributed by atoms with Gasteiger partial charge in [0.2, 0.25) is 11.9 Å². The van der Waals surface area contributed by atoms with Crippen LogP contribution in [0.1, 0.15) is 24.2 Å². The highest BCUT2D eigenvalue weighted by Gasteiger charge is 2.21. The lowest BCUT2D eigenvalue weighted by Crippen LogP contribution is -2.48. The number of aromatic nitrogens is 3. The van der Waals surface area contributed by atoms with Crippen LogP contribution in [0.5, 0.6) is 0 Å². The van der Waals surface area contributed by atoms with Crippen molar-refractivity contribution in [2.45, 2.75) is 13.8 Å². The van der Waals surface area contributed by atoms with E-state index < -0.39 is 0 Å². The molecule has 0 saturated carbocycles. The summed E-state index contributed by atoms with van der Waals surface area (Å²) in [6, 6.07) is 6.94. The number of anilines is 3. The number of hydrogen-bond acceptors (Lipinski definition) is 8. The maximum absolute atomic E-state index is 11.7. The molecule has 1 aromatic heterocycles. The van der Waals surface area contributed by atoms with Gasteiger partial charge in [-0.15, -0.1) is 5.10 Å². The Morgan fingerprint density at radius 1 is 1.15 bits per heavy atom. The Hall–Kier alpha value is -3.23. The van der Waals surface area contributed by atoms with Crippen LogP contribution >= 0.6 is 0 Å². The summed E-state index contributed by atoms with van der Waals surface area (Å²) < 4.78 is 4.97. The predicted octanol–water partition coefficient (Wildman–Crippen LogP) is 1.46. The second kappa shape index (κ2) is 8.43. The van der Waals surface area contributed by atoms with Crippen molar-refractivity contribution in [1.82, 2.24) is 20.1 Å². The van der Waals surface area contributed by atoms with Crippen molar-refractivity contribution in [3.8, 4) is 0 Å². The highest BCUT2D eigenvalue weighted by atomic mass is 16.5. The summed E-state index contributed by atoms with van der Waals surface area (Å²) in [5, 5.41) is 11.3. The Labute approximate surface area is 157 Å². The number of nitrogens with zero attached hydrogens (tertiary/aromatic N) is 5. The van der Waals surface area contributed by atoms with Gasteiger partial charge >= 0.3 is 5.97 Å². The molecule has 3 rings (SSSR count). The number of hydrogen-bond donors (Lipinski definition) is 1. The number of carbonyl (C=O) groups excluding carboxylic acids is 2. The van der Waals surface area contributed by atoms with Crippen LogP contribution < -0.4 is 10.2 Å². The van der Waals surface area contributed by atoms with Gasteiger partial charge in [-0.25, -0.2) is 4.79 Å². The lowest BCUT2D eigenvalue weighted by Gasteiger charge is -2.33. The molecule has 0 bridgehead atoms. The molecule has 0 spiro atoms. The smallest absolute Gasteiger partial charge is 0.338 e. The number of esters is 1. The number of carbonyl (C=O) groups is 2. The fourth-order valence-corrected chi connectivity index (χ4v) is 2.76. The molecular formula is C18H22N6O3. The first-order valence-corrected chi connectivity index (χ1v) is 8.81. The highest BCUT2D eigenvalue weighted by molar-refractivity contribution is 5.89. The summed E-state index contributed by atoms with van der Waals surface area (Å²) in [4.78, 5) is 31.4. The number of ether oxygens (including phenoxy) is 1. The number of amides is 1. The Morgan fingerprint density at radius 3 is 2.48 bits per heavy atom. The summed E-state index contributed by atoms with van der Waals surface area (Å²) in [7, 11) is 0. The topological polar surface area (TPSA) is 101 Å². The van der Waals surface area contributed by atoms with Gasteiger partial charge in [0.05, 0.1) is 18.4 Å². The van der Waals surface area contributed by atoms with Crippen molar-refractivity contribution in [3.05, 3.63) is 36.0 Å². The number of benzene rings is 1. The molecule has 2 aromatic rings. The van der Waals surface area contributed by atoms with E-state index in [-0.39, 0.29) is 11.9 Å². The molecule has 142 valence electrons. The van der Waals surface area contributed by atoms with E-state index in [1.54, 1.807) is 43.0 Å². The molecular weight excluding hydrogens is 348 g/mol. The van der Waals surface area contributed by atoms with Crippen LogP contribution in [0, 0.1) is 0 Å². The average molecular weight is 370 g/mol. The molecule has 27 heavy (non-hydrogen) atoms. The Bertz CT molecular complexity index is 803. The summed E-state index contributed by atoms with van der Waals surface area (Å²) in [6.45, 7) is 6.31. The number of piperazine rings is 1. The fourth-order valence-electron chi connectivity index (χ4n) is 2.76. The minimum atomic E-state index is -0.347. The van der Waals surface area contributed by atoms with E-state index in [1.807, 2.05) is 4.90 Å². The summed E-state index contributed by atoms with van der Waals surface area (Å²) in [5.41, 5.74) is 1.27. The van der Waals surface area contributed by atoms with E-state index in [0.29, 0.717) is 50.1 Å². The van der Waals surface area contributed by atoms with Crippen LogP contribution in [0.25, 0.3) is 0 Å². The number of nitrogens with one attached hydrogen (secondary N) is 1. The SMILES string of the molecule is CCOC(=O)c1ccc(Nc2cnnc(N3CCN(C(C)=O)CC3)n2)cc1. The zero-order valence-corrected chi connectivity index (χ0v) is 15.4. The Balaban J connectivity index is 1.64. The highest BCUT2D eigenvalue weighted by Crippen LogP contribution is 2.18. The molecule has 2 heterocycles. The number of rotatable bonds is 5. The van der Waals surface area contributed by atoms with Gasteiger partial charge < -0.3 is 19.9 Å². The van der Waals surface area contributed by atoms with Gasteiger partial charge in [-0.1, -0.05) is 0 Å². The van der Waals surface area contributed by atoms with Crippen molar-refractivity contribution in [3.63, 3.8) is 0 Å². The van der Waals surface area contributed by atoms with Gasteiger partial charge in [0.25, 0.3) is 0 Å². The van der Waals surface area contributed by atoms with Gasteiger partial charge in [-0.05, 0) is 31.2 Å². The first-order chi connectivity index (χ1) is 13.1. The van der Waals surface area contributed by atoms with Crippen molar-refractivity contribution >= 4 is 29.3 Å². The monoisotopic (exact) mass is 370 g/mol. The second-order valence-electron chi connectivity index (χ2n) is 6.06. The third-order valence-corrected chi connectivity index (χ3v) is 4.22. The van der Waals surface area contributed by atoms with Gasteiger partial charge in [0.15, 0.2) is 5.82 Å². The summed E-state index contributed by atoms with van der Waals surface area (Å²) in [6.07, 6.45) is 1.54. The zero-order valence-electron chi connectivity index (χ0n) is 15.4. The van der Waals surface area contributed by atoms with Gasteiger partial charge in [0, 0.05) is 38.8 Å². The molecule has 0 aliphatic carbocycles. The van der Waals surface area contributed by atoms with Crippen molar-refractivity contribution < 1.29 is 14.3 Å². The minimum absolute atomic E-state index is 0.0791. The molecule has 1 aliphatic heterocycles. The van der Waals surface area contributed by atoms with E-state index in [9.17, 15) is 9.59 Å². The van der Waals surface area contributed by atoms with Crippen molar-refractivity contribution in [2.75, 3.05) is 43.0 Å². The third-order valence-electron chi connectivity index (χ3n) is 4.22. The van der Waals surface area contributed by atoms with E-state index >= 15 is 0 Å². The first kappa shape index (κ1) is 18.6. The predicted molar refractivity (Wildman–Crippen MR) is 100.0 cm³/mol. The summed E-state index contributed by atoms with van der Waals surface area (Å²) in [5.74, 6) is 0.805. The van der Waals surface area contributed by atoms with Crippen LogP contribution in [-0.2, 0) is 9.53 Å². The van der Waals surface area contributed by atoms with Gasteiger partial charge in [-0.3, -0.25) is 4.79 Å². The van der Waals surface area contributed by atoms with E-state index in [1.165, 1.54) is 6.20 Å². The van der Waals surface area contributed by atoms with E-state index in [2.05, 4.69) is 20.5 Å². The third kappa shape index (κ3) is 4.69. The molecule has 1 N–H and O–H groups in total. The van der Waals surface area contributed by atoms with Crippen LogP contribution in [-0.4, -0.2) is 64.7 Å². The summed E-state index contributed by atoms with van der Waals surface area (Å²) >= 11 is 0. The zero-order chi connectivity index (χ0) is 19.2. The largest absolute Gasteiger partial charge is 0.462 e. The fraction of sp³-hybridized carbons (Fsp3) is 0.389. The first-order valence-electron chi connectivity index (χ1n) is 8.81. The Kier molecular flexibility index (Phi) is 5.80. The molecule has 0 radical (unpaired) electrons. The molecule has 1 aromatic carbocycles. The molecule has 1 aliphatic rings. The van der Waals surface area contributed by atoms with Crippen LogP contribution in [0.3, 0.4) is 0 Å². The lowest BCUT2D eigenvalue weighted by molar-refractivity contribution is -0.129. The molecule has 1 saturated heterocycles. The maximum Gasteiger partial charge on any atom is 0.338 e. The molecule has 1 amide bonds. The van der Waals surface area contributed by atoms with Crippen LogP contribution in [0.2, 0.25) is 0 Å². The molecule has 0 unspecified atom stereocenters. The quantitative estimate of drug-likeness (QED) is 0.790.